The second-order valence-corrected chi connectivity index (χ2v) is 6.44. The first-order valence-corrected chi connectivity index (χ1v) is 8.90. The predicted octanol–water partition coefficient (Wildman–Crippen LogP) is 2.92. The van der Waals surface area contributed by atoms with Crippen LogP contribution in [0, 0.1) is 25.2 Å². The lowest BCUT2D eigenvalue weighted by Gasteiger charge is -2.12. The number of methoxy groups -OCH3 is 2. The Morgan fingerprint density at radius 2 is 1.65 bits per heavy atom. The van der Waals surface area contributed by atoms with Crippen molar-refractivity contribution < 1.29 is 37.1 Å². The Bertz CT molecular complexity index is 1150. The molecule has 1 aromatic heterocycles. The van der Waals surface area contributed by atoms with E-state index in [4.69, 9.17) is 24.6 Å². The van der Waals surface area contributed by atoms with E-state index in [1.54, 1.807) is 14.2 Å². The first kappa shape index (κ1) is 23.5. The first-order chi connectivity index (χ1) is 14.5. The number of nitrogens with zero attached hydrogens (tertiary/aromatic N) is 2. The third-order valence-corrected chi connectivity index (χ3v) is 4.46. The number of carboxylic acids is 1. The number of carbonyl (C=O) groups excluding carboxylic acids is 1. The van der Waals surface area contributed by atoms with Crippen molar-refractivity contribution in [1.82, 2.24) is 0 Å². The summed E-state index contributed by atoms with van der Waals surface area (Å²) in [6.45, 7) is 4.14. The van der Waals surface area contributed by atoms with Crippen molar-refractivity contribution >= 4 is 16.7 Å². The smallest absolute Gasteiger partial charge is 0.430 e. The molecular formula is C22H19F3N2O4. The molecule has 0 fully saturated rings. The number of hydrogen-bond acceptors (Lipinski definition) is 5. The Labute approximate surface area is 176 Å². The van der Waals surface area contributed by atoms with Gasteiger partial charge in [-0.2, -0.15) is 23.0 Å². The highest BCUT2D eigenvalue weighted by Gasteiger charge is 2.28. The van der Waals surface area contributed by atoms with Crippen LogP contribution in [0.2, 0.25) is 0 Å². The Morgan fingerprint density at radius 1 is 1.06 bits per heavy atom. The largest absolute Gasteiger partial charge is 0.542 e. The second kappa shape index (κ2) is 9.34. The average molecular weight is 432 g/mol. The van der Waals surface area contributed by atoms with Crippen molar-refractivity contribution in [2.75, 3.05) is 14.2 Å². The van der Waals surface area contributed by atoms with E-state index < -0.39 is 12.1 Å². The Morgan fingerprint density at radius 3 is 2.10 bits per heavy atom. The molecule has 0 aliphatic rings. The number of aromatic nitrogens is 1. The van der Waals surface area contributed by atoms with E-state index in [1.165, 1.54) is 0 Å². The van der Waals surface area contributed by atoms with Gasteiger partial charge in [-0.25, -0.2) is 0 Å². The number of carbonyl (C=O) groups is 1. The van der Waals surface area contributed by atoms with E-state index in [-0.39, 0.29) is 0 Å². The topological polar surface area (TPSA) is 86.3 Å². The van der Waals surface area contributed by atoms with Crippen molar-refractivity contribution in [3.05, 3.63) is 59.4 Å². The van der Waals surface area contributed by atoms with Crippen molar-refractivity contribution in [2.24, 2.45) is 0 Å². The summed E-state index contributed by atoms with van der Waals surface area (Å²) in [6, 6.07) is 15.8. The lowest BCUT2D eigenvalue weighted by molar-refractivity contribution is -0.607. The molecule has 0 amide bonds. The van der Waals surface area contributed by atoms with Gasteiger partial charge in [0.1, 0.15) is 17.5 Å². The summed E-state index contributed by atoms with van der Waals surface area (Å²) in [6.07, 6.45) is -5.19. The summed E-state index contributed by atoms with van der Waals surface area (Å²) in [7, 11) is 3.32. The van der Waals surface area contributed by atoms with Gasteiger partial charge in [-0.3, -0.25) is 0 Å². The number of benzene rings is 2. The standard InChI is InChI=1S/C20H19N2O2.C2HF3O2/c1-13-9-16-10-18(23-3)11-19(24-4)20(16)14(2)22(13)17-7-5-15(12-21)6-8-17;3-2(4,5)1(6)7/h5-11H,1-4H3;(H,6,7)/q+1;/p-1. The number of aryl methyl sites for hydroxylation is 2. The lowest BCUT2D eigenvalue weighted by atomic mass is 10.1. The summed E-state index contributed by atoms with van der Waals surface area (Å²) in [4.78, 5) is 8.78. The van der Waals surface area contributed by atoms with Crippen LogP contribution in [0.1, 0.15) is 17.0 Å². The molecule has 0 aliphatic heterocycles. The zero-order valence-corrected chi connectivity index (χ0v) is 17.2. The SMILES string of the molecule is COc1cc(OC)c2c(C)[n+](-c3ccc(C#N)cc3)c(C)cc2c1.O=C([O-])C(F)(F)F. The Balaban J connectivity index is 0.000000423. The second-order valence-electron chi connectivity index (χ2n) is 6.44. The fraction of sp³-hybridized carbons (Fsp3) is 0.227. The van der Waals surface area contributed by atoms with Gasteiger partial charge in [-0.05, 0) is 18.2 Å². The number of carboxylic acid groups (broad SMARTS) is 1. The summed E-state index contributed by atoms with van der Waals surface area (Å²) in [5.74, 6) is -1.45. The maximum Gasteiger partial charge on any atom is 0.430 e. The van der Waals surface area contributed by atoms with Crippen molar-refractivity contribution in [3.8, 4) is 23.3 Å². The maximum atomic E-state index is 10.5. The highest BCUT2D eigenvalue weighted by molar-refractivity contribution is 5.91. The zero-order valence-electron chi connectivity index (χ0n) is 17.2. The number of nitriles is 1. The van der Waals surface area contributed by atoms with Crippen LogP contribution in [0.3, 0.4) is 0 Å². The number of ether oxygens (including phenoxy) is 2. The zero-order chi connectivity index (χ0) is 23.3. The normalized spacial score (nSPS) is 10.6. The van der Waals surface area contributed by atoms with E-state index in [9.17, 15) is 13.2 Å². The number of halogens is 3. The van der Waals surface area contributed by atoms with Crippen LogP contribution in [0.15, 0.2) is 42.5 Å². The monoisotopic (exact) mass is 432 g/mol. The Hall–Kier alpha value is -3.80. The first-order valence-electron chi connectivity index (χ1n) is 8.90. The van der Waals surface area contributed by atoms with Crippen molar-refractivity contribution in [1.29, 1.82) is 5.26 Å². The molecule has 0 spiro atoms. The molecule has 6 nitrogen and oxygen atoms in total. The third kappa shape index (κ3) is 5.22. The van der Waals surface area contributed by atoms with Crippen LogP contribution in [-0.2, 0) is 4.79 Å². The van der Waals surface area contributed by atoms with Gasteiger partial charge in [0.15, 0.2) is 11.4 Å². The molecule has 0 saturated heterocycles. The van der Waals surface area contributed by atoms with Crippen molar-refractivity contribution in [2.45, 2.75) is 20.0 Å². The van der Waals surface area contributed by atoms with Gasteiger partial charge < -0.3 is 19.4 Å². The van der Waals surface area contributed by atoms with E-state index in [1.807, 2.05) is 36.4 Å². The molecular weight excluding hydrogens is 413 g/mol. The molecule has 3 aromatic rings. The van der Waals surface area contributed by atoms with Gasteiger partial charge in [0, 0.05) is 43.5 Å². The number of rotatable bonds is 3. The molecule has 0 N–H and O–H groups in total. The fourth-order valence-corrected chi connectivity index (χ4v) is 3.14. The van der Waals surface area contributed by atoms with Crippen LogP contribution in [-0.4, -0.2) is 26.4 Å². The molecule has 0 unspecified atom stereocenters. The summed E-state index contributed by atoms with van der Waals surface area (Å²) in [5, 5.41) is 19.9. The quantitative estimate of drug-likeness (QED) is 0.594. The summed E-state index contributed by atoms with van der Waals surface area (Å²) in [5.41, 5.74) is 3.84. The molecule has 0 saturated carbocycles. The molecule has 0 radical (unpaired) electrons. The van der Waals surface area contributed by atoms with Crippen LogP contribution in [0.4, 0.5) is 13.2 Å². The highest BCUT2D eigenvalue weighted by Crippen LogP contribution is 2.33. The summed E-state index contributed by atoms with van der Waals surface area (Å²) >= 11 is 0. The van der Waals surface area contributed by atoms with E-state index >= 15 is 0 Å². The van der Waals surface area contributed by atoms with E-state index in [0.717, 1.165) is 39.3 Å². The highest BCUT2D eigenvalue weighted by atomic mass is 19.4. The molecule has 2 aromatic carbocycles. The molecule has 0 aliphatic carbocycles. The van der Waals surface area contributed by atoms with E-state index in [2.05, 4.69) is 30.6 Å². The number of aliphatic carboxylic acids is 1. The van der Waals surface area contributed by atoms with Gasteiger partial charge >= 0.3 is 6.18 Å². The minimum Gasteiger partial charge on any atom is -0.542 e. The minimum absolute atomic E-state index is 0.651. The van der Waals surface area contributed by atoms with Gasteiger partial charge in [0.2, 0.25) is 5.69 Å². The van der Waals surface area contributed by atoms with E-state index in [0.29, 0.717) is 5.56 Å². The van der Waals surface area contributed by atoms with Gasteiger partial charge in [0.25, 0.3) is 0 Å². The predicted molar refractivity (Wildman–Crippen MR) is 104 cm³/mol. The lowest BCUT2D eigenvalue weighted by Crippen LogP contribution is -2.37. The maximum absolute atomic E-state index is 10.5. The molecule has 1 heterocycles. The van der Waals surface area contributed by atoms with Crippen LogP contribution in [0.5, 0.6) is 11.5 Å². The molecule has 3 rings (SSSR count). The van der Waals surface area contributed by atoms with Crippen molar-refractivity contribution in [3.63, 3.8) is 0 Å². The Kier molecular flexibility index (Phi) is 7.08. The number of alkyl halides is 3. The van der Waals surface area contributed by atoms with Crippen LogP contribution >= 0.6 is 0 Å². The number of pyridine rings is 1. The third-order valence-electron chi connectivity index (χ3n) is 4.46. The van der Waals surface area contributed by atoms with Crippen LogP contribution < -0.4 is 19.1 Å². The molecule has 0 bridgehead atoms. The average Bonchev–Trinajstić information content (AvgIpc) is 2.72. The number of fused-ring (bicyclic) bond motifs is 1. The summed E-state index contributed by atoms with van der Waals surface area (Å²) < 4.78 is 44.7. The molecule has 9 heteroatoms. The minimum atomic E-state index is -5.19. The van der Waals surface area contributed by atoms with Crippen LogP contribution in [0.25, 0.3) is 16.5 Å². The van der Waals surface area contributed by atoms with Gasteiger partial charge in [-0.15, -0.1) is 0 Å². The van der Waals surface area contributed by atoms with Gasteiger partial charge in [-0.1, -0.05) is 0 Å². The van der Waals surface area contributed by atoms with Gasteiger partial charge in [0.05, 0.1) is 31.2 Å². The number of hydrogen-bond donors (Lipinski definition) is 0. The molecule has 31 heavy (non-hydrogen) atoms. The fourth-order valence-electron chi connectivity index (χ4n) is 3.14. The molecule has 0 atom stereocenters. The molecule has 162 valence electrons.